The van der Waals surface area contributed by atoms with E-state index in [1.54, 1.807) is 0 Å². The minimum absolute atomic E-state index is 0.438. The number of aryl methyl sites for hydroxylation is 2. The van der Waals surface area contributed by atoms with Gasteiger partial charge in [0.2, 0.25) is 0 Å². The molecule has 0 aliphatic carbocycles. The number of rotatable bonds is 4. The summed E-state index contributed by atoms with van der Waals surface area (Å²) in [5.41, 5.74) is 4.04. The Kier molecular flexibility index (Phi) is 4.57. The summed E-state index contributed by atoms with van der Waals surface area (Å²) in [5, 5.41) is 0. The van der Waals surface area contributed by atoms with Gasteiger partial charge in [-0.2, -0.15) is 8.42 Å². The van der Waals surface area contributed by atoms with E-state index in [4.69, 9.17) is 4.18 Å². The Morgan fingerprint density at radius 3 is 2.11 bits per heavy atom. The number of allylic oxidation sites excluding steroid dienone is 2. The molecule has 0 bridgehead atoms. The second-order valence-electron chi connectivity index (χ2n) is 4.39. The first kappa shape index (κ1) is 14.8. The van der Waals surface area contributed by atoms with E-state index in [1.807, 2.05) is 32.9 Å². The van der Waals surface area contributed by atoms with Crippen molar-refractivity contribution in [2.45, 2.75) is 34.1 Å². The lowest BCUT2D eigenvalue weighted by atomic mass is 9.98. The molecule has 0 fully saturated rings. The molecule has 0 heterocycles. The smallest absolute Gasteiger partial charge is 0.306 e. The molecular weight excluding hydrogens is 248 g/mol. The molecule has 0 saturated carbocycles. The third-order valence-corrected chi connectivity index (χ3v) is 3.26. The highest BCUT2D eigenvalue weighted by Crippen LogP contribution is 2.29. The van der Waals surface area contributed by atoms with Crippen LogP contribution in [-0.4, -0.2) is 14.7 Å². The molecule has 0 aliphatic heterocycles. The summed E-state index contributed by atoms with van der Waals surface area (Å²) in [7, 11) is -3.48. The third kappa shape index (κ3) is 3.60. The zero-order chi connectivity index (χ0) is 13.9. The predicted octanol–water partition coefficient (Wildman–Crippen LogP) is 3.46. The van der Waals surface area contributed by atoms with Gasteiger partial charge in [-0.3, -0.25) is 0 Å². The quantitative estimate of drug-likeness (QED) is 0.785. The van der Waals surface area contributed by atoms with E-state index in [9.17, 15) is 8.42 Å². The highest BCUT2D eigenvalue weighted by Gasteiger charge is 2.12. The van der Waals surface area contributed by atoms with Crippen LogP contribution in [0.5, 0.6) is 5.75 Å². The summed E-state index contributed by atoms with van der Waals surface area (Å²) in [6.45, 7) is 7.82. The average molecular weight is 268 g/mol. The van der Waals surface area contributed by atoms with E-state index >= 15 is 0 Å². The van der Waals surface area contributed by atoms with Crippen LogP contribution >= 0.6 is 0 Å². The lowest BCUT2D eigenvalue weighted by molar-refractivity contribution is 0.489. The minimum Gasteiger partial charge on any atom is -0.382 e. The van der Waals surface area contributed by atoms with Gasteiger partial charge in [0.05, 0.1) is 6.26 Å². The van der Waals surface area contributed by atoms with Gasteiger partial charge in [-0.15, -0.1) is 0 Å². The van der Waals surface area contributed by atoms with Gasteiger partial charge in [0.25, 0.3) is 0 Å². The molecule has 1 aromatic carbocycles. The molecule has 0 aliphatic rings. The summed E-state index contributed by atoms with van der Waals surface area (Å²) < 4.78 is 27.4. The van der Waals surface area contributed by atoms with E-state index in [2.05, 4.69) is 13.0 Å². The standard InChI is InChI=1S/C14H20O3S/c1-6-12(7-2)13-8-10(3)14(11(4)9-13)17-18(5,15)16/h6,8-9H,7H2,1-5H3/b12-6+. The van der Waals surface area contributed by atoms with E-state index in [0.29, 0.717) is 5.75 Å². The Morgan fingerprint density at radius 1 is 1.28 bits per heavy atom. The zero-order valence-corrected chi connectivity index (χ0v) is 12.4. The normalized spacial score (nSPS) is 12.6. The first-order valence-corrected chi connectivity index (χ1v) is 7.76. The van der Waals surface area contributed by atoms with Crippen molar-refractivity contribution >= 4 is 15.7 Å². The van der Waals surface area contributed by atoms with Gasteiger partial charge in [0, 0.05) is 0 Å². The Balaban J connectivity index is 3.29. The Labute approximate surface area is 110 Å². The Morgan fingerprint density at radius 2 is 1.78 bits per heavy atom. The number of hydrogen-bond acceptors (Lipinski definition) is 3. The molecule has 4 heteroatoms. The highest BCUT2D eigenvalue weighted by atomic mass is 32.2. The maximum absolute atomic E-state index is 11.2. The molecule has 0 N–H and O–H groups in total. The maximum atomic E-state index is 11.2. The van der Waals surface area contributed by atoms with Gasteiger partial charge < -0.3 is 4.18 Å². The third-order valence-electron chi connectivity index (χ3n) is 2.80. The van der Waals surface area contributed by atoms with Crippen LogP contribution in [0, 0.1) is 13.8 Å². The lowest BCUT2D eigenvalue weighted by Gasteiger charge is -2.13. The summed E-state index contributed by atoms with van der Waals surface area (Å²) in [6, 6.07) is 3.93. The van der Waals surface area contributed by atoms with Crippen LogP contribution in [0.2, 0.25) is 0 Å². The monoisotopic (exact) mass is 268 g/mol. The summed E-state index contributed by atoms with van der Waals surface area (Å²) in [5.74, 6) is 0.438. The largest absolute Gasteiger partial charge is 0.382 e. The number of benzene rings is 1. The zero-order valence-electron chi connectivity index (χ0n) is 11.6. The molecule has 3 nitrogen and oxygen atoms in total. The molecule has 0 amide bonds. The van der Waals surface area contributed by atoms with Gasteiger partial charge >= 0.3 is 10.1 Å². The molecule has 0 saturated heterocycles. The second-order valence-corrected chi connectivity index (χ2v) is 5.97. The van der Waals surface area contributed by atoms with Crippen molar-refractivity contribution in [3.8, 4) is 5.75 Å². The van der Waals surface area contributed by atoms with E-state index in [0.717, 1.165) is 29.4 Å². The van der Waals surface area contributed by atoms with Crippen molar-refractivity contribution in [1.82, 2.24) is 0 Å². The second kappa shape index (κ2) is 5.57. The summed E-state index contributed by atoms with van der Waals surface area (Å²) in [6.07, 6.45) is 4.08. The highest BCUT2D eigenvalue weighted by molar-refractivity contribution is 7.86. The number of hydrogen-bond donors (Lipinski definition) is 0. The van der Waals surface area contributed by atoms with Crippen molar-refractivity contribution in [2.75, 3.05) is 6.26 Å². The van der Waals surface area contributed by atoms with E-state index < -0.39 is 10.1 Å². The van der Waals surface area contributed by atoms with Gasteiger partial charge in [-0.05, 0) is 61.6 Å². The average Bonchev–Trinajstić information content (AvgIpc) is 2.24. The fourth-order valence-electron chi connectivity index (χ4n) is 1.99. The van der Waals surface area contributed by atoms with Crippen molar-refractivity contribution in [3.05, 3.63) is 34.9 Å². The fraction of sp³-hybridized carbons (Fsp3) is 0.429. The van der Waals surface area contributed by atoms with Crippen LogP contribution in [0.25, 0.3) is 5.57 Å². The van der Waals surface area contributed by atoms with Crippen molar-refractivity contribution in [2.24, 2.45) is 0 Å². The summed E-state index contributed by atoms with van der Waals surface area (Å²) >= 11 is 0. The SMILES string of the molecule is C/C=C(\CC)c1cc(C)c(OS(C)(=O)=O)c(C)c1. The molecule has 0 unspecified atom stereocenters. The molecule has 100 valence electrons. The van der Waals surface area contributed by atoms with Crippen LogP contribution in [0.4, 0.5) is 0 Å². The van der Waals surface area contributed by atoms with Crippen LogP contribution in [0.15, 0.2) is 18.2 Å². The summed E-state index contributed by atoms with van der Waals surface area (Å²) in [4.78, 5) is 0. The van der Waals surface area contributed by atoms with Gasteiger partial charge in [-0.25, -0.2) is 0 Å². The van der Waals surface area contributed by atoms with Crippen LogP contribution < -0.4 is 4.18 Å². The fourth-order valence-corrected chi connectivity index (χ4v) is 2.56. The van der Waals surface area contributed by atoms with Crippen molar-refractivity contribution < 1.29 is 12.6 Å². The van der Waals surface area contributed by atoms with Crippen LogP contribution in [0.1, 0.15) is 37.0 Å². The first-order chi connectivity index (χ1) is 8.28. The molecule has 1 aromatic rings. The molecule has 0 aromatic heterocycles. The Bertz CT molecular complexity index is 546. The van der Waals surface area contributed by atoms with Crippen LogP contribution in [-0.2, 0) is 10.1 Å². The van der Waals surface area contributed by atoms with Crippen LogP contribution in [0.3, 0.4) is 0 Å². The molecule has 18 heavy (non-hydrogen) atoms. The van der Waals surface area contributed by atoms with Gasteiger partial charge in [0.1, 0.15) is 5.75 Å². The van der Waals surface area contributed by atoms with E-state index in [1.165, 1.54) is 5.57 Å². The lowest BCUT2D eigenvalue weighted by Crippen LogP contribution is -2.08. The molecular formula is C14H20O3S. The molecule has 0 atom stereocenters. The first-order valence-electron chi connectivity index (χ1n) is 5.94. The topological polar surface area (TPSA) is 43.4 Å². The van der Waals surface area contributed by atoms with E-state index in [-0.39, 0.29) is 0 Å². The molecule has 1 rings (SSSR count). The van der Waals surface area contributed by atoms with Crippen molar-refractivity contribution in [3.63, 3.8) is 0 Å². The molecule has 0 radical (unpaired) electrons. The predicted molar refractivity (Wildman–Crippen MR) is 75.3 cm³/mol. The minimum atomic E-state index is -3.48. The Hall–Kier alpha value is -1.29. The molecule has 0 spiro atoms. The van der Waals surface area contributed by atoms with Gasteiger partial charge in [0.15, 0.2) is 0 Å². The maximum Gasteiger partial charge on any atom is 0.306 e. The van der Waals surface area contributed by atoms with Gasteiger partial charge in [-0.1, -0.05) is 13.0 Å². The van der Waals surface area contributed by atoms with Crippen molar-refractivity contribution in [1.29, 1.82) is 0 Å².